The van der Waals surface area contributed by atoms with Crippen molar-refractivity contribution >= 4 is 29.0 Å². The number of amides is 1. The molecule has 8 heteroatoms. The van der Waals surface area contributed by atoms with Crippen molar-refractivity contribution in [1.29, 1.82) is 0 Å². The van der Waals surface area contributed by atoms with Crippen LogP contribution in [0.25, 0.3) is 0 Å². The summed E-state index contributed by atoms with van der Waals surface area (Å²) in [4.78, 5) is 12.1. The van der Waals surface area contributed by atoms with Crippen LogP contribution in [0.5, 0.6) is 11.5 Å². The Morgan fingerprint density at radius 2 is 2.09 bits per heavy atom. The molecule has 1 aromatic carbocycles. The standard InChI is InChI=1S/C15H17N3O4S/c1-8-10(9(2)22-18-8)5-23-6-15(19)17-12-4-14-13(3-11(12)16)20-7-21-14/h3-4H,5-7,16H2,1-2H3,(H,17,19). The summed E-state index contributed by atoms with van der Waals surface area (Å²) >= 11 is 1.49. The van der Waals surface area contributed by atoms with Crippen molar-refractivity contribution in [1.82, 2.24) is 5.16 Å². The van der Waals surface area contributed by atoms with Crippen LogP contribution in [-0.2, 0) is 10.5 Å². The minimum absolute atomic E-state index is 0.132. The third-order valence-corrected chi connectivity index (χ3v) is 4.44. The lowest BCUT2D eigenvalue weighted by Crippen LogP contribution is -2.15. The molecule has 0 saturated carbocycles. The maximum atomic E-state index is 12.1. The van der Waals surface area contributed by atoms with Crippen LogP contribution in [0.15, 0.2) is 16.7 Å². The lowest BCUT2D eigenvalue weighted by Gasteiger charge is -2.09. The predicted molar refractivity (Wildman–Crippen MR) is 87.7 cm³/mol. The number of hydrogen-bond donors (Lipinski definition) is 2. The molecule has 1 aliphatic heterocycles. The molecule has 0 radical (unpaired) electrons. The Labute approximate surface area is 137 Å². The molecular formula is C15H17N3O4S. The largest absolute Gasteiger partial charge is 0.454 e. The highest BCUT2D eigenvalue weighted by molar-refractivity contribution is 7.99. The zero-order chi connectivity index (χ0) is 16.4. The molecule has 0 fully saturated rings. The number of thioether (sulfide) groups is 1. The number of carbonyl (C=O) groups is 1. The first-order valence-electron chi connectivity index (χ1n) is 7.03. The molecule has 3 rings (SSSR count). The van der Waals surface area contributed by atoms with Crippen LogP contribution < -0.4 is 20.5 Å². The van der Waals surface area contributed by atoms with E-state index in [0.717, 1.165) is 17.0 Å². The molecule has 0 saturated heterocycles. The number of benzene rings is 1. The predicted octanol–water partition coefficient (Wildman–Crippen LogP) is 2.47. The van der Waals surface area contributed by atoms with Gasteiger partial charge < -0.3 is 25.0 Å². The maximum Gasteiger partial charge on any atom is 0.234 e. The fourth-order valence-electron chi connectivity index (χ4n) is 2.21. The summed E-state index contributed by atoms with van der Waals surface area (Å²) in [5, 5.41) is 6.69. The van der Waals surface area contributed by atoms with Gasteiger partial charge in [-0.05, 0) is 13.8 Å². The lowest BCUT2D eigenvalue weighted by molar-refractivity contribution is -0.113. The average molecular weight is 335 g/mol. The number of rotatable bonds is 5. The molecule has 3 N–H and O–H groups in total. The van der Waals surface area contributed by atoms with Crippen LogP contribution in [-0.4, -0.2) is 23.6 Å². The third kappa shape index (κ3) is 3.37. The number of nitrogens with zero attached hydrogens (tertiary/aromatic N) is 1. The molecule has 2 heterocycles. The summed E-state index contributed by atoms with van der Waals surface area (Å²) in [6.45, 7) is 3.92. The van der Waals surface area contributed by atoms with Crippen LogP contribution >= 0.6 is 11.8 Å². The molecular weight excluding hydrogens is 318 g/mol. The van der Waals surface area contributed by atoms with Gasteiger partial charge in [-0.15, -0.1) is 11.8 Å². The summed E-state index contributed by atoms with van der Waals surface area (Å²) in [5.74, 6) is 2.80. The molecule has 1 aromatic heterocycles. The first kappa shape index (κ1) is 15.5. The Hall–Kier alpha value is -2.35. The van der Waals surface area contributed by atoms with Crippen molar-refractivity contribution in [2.24, 2.45) is 0 Å². The molecule has 0 atom stereocenters. The van der Waals surface area contributed by atoms with E-state index in [-0.39, 0.29) is 12.7 Å². The van der Waals surface area contributed by atoms with Crippen molar-refractivity contribution in [2.45, 2.75) is 19.6 Å². The van der Waals surface area contributed by atoms with Crippen LogP contribution in [0.2, 0.25) is 0 Å². The second-order valence-electron chi connectivity index (χ2n) is 5.14. The number of ether oxygens (including phenoxy) is 2. The Balaban J connectivity index is 1.56. The highest BCUT2D eigenvalue weighted by Crippen LogP contribution is 2.38. The summed E-state index contributed by atoms with van der Waals surface area (Å²) in [7, 11) is 0. The minimum Gasteiger partial charge on any atom is -0.454 e. The fraction of sp³-hybridized carbons (Fsp3) is 0.333. The topological polar surface area (TPSA) is 99.6 Å². The van der Waals surface area contributed by atoms with Crippen molar-refractivity contribution in [3.63, 3.8) is 0 Å². The highest BCUT2D eigenvalue weighted by atomic mass is 32.2. The maximum absolute atomic E-state index is 12.1. The van der Waals surface area contributed by atoms with Gasteiger partial charge in [-0.2, -0.15) is 0 Å². The molecule has 7 nitrogen and oxygen atoms in total. The van der Waals surface area contributed by atoms with Gasteiger partial charge in [0.15, 0.2) is 11.5 Å². The molecule has 23 heavy (non-hydrogen) atoms. The number of aromatic nitrogens is 1. The van der Waals surface area contributed by atoms with E-state index < -0.39 is 0 Å². The van der Waals surface area contributed by atoms with E-state index in [4.69, 9.17) is 19.7 Å². The molecule has 0 spiro atoms. The van der Waals surface area contributed by atoms with E-state index in [1.165, 1.54) is 11.8 Å². The van der Waals surface area contributed by atoms with Gasteiger partial charge in [0.25, 0.3) is 0 Å². The second-order valence-corrected chi connectivity index (χ2v) is 6.12. The van der Waals surface area contributed by atoms with Gasteiger partial charge in [0, 0.05) is 23.4 Å². The fourth-order valence-corrected chi connectivity index (χ4v) is 3.18. The number of nitrogens with two attached hydrogens (primary N) is 1. The Kier molecular flexibility index (Phi) is 4.33. The number of fused-ring (bicyclic) bond motifs is 1. The monoisotopic (exact) mass is 335 g/mol. The van der Waals surface area contributed by atoms with Gasteiger partial charge >= 0.3 is 0 Å². The summed E-state index contributed by atoms with van der Waals surface area (Å²) < 4.78 is 15.6. The number of aryl methyl sites for hydroxylation is 2. The zero-order valence-corrected chi connectivity index (χ0v) is 13.7. The van der Waals surface area contributed by atoms with Crippen LogP contribution in [0, 0.1) is 13.8 Å². The smallest absolute Gasteiger partial charge is 0.234 e. The normalized spacial score (nSPS) is 12.4. The molecule has 0 aliphatic carbocycles. The van der Waals surface area contributed by atoms with Gasteiger partial charge in [0.05, 0.1) is 22.8 Å². The first-order valence-corrected chi connectivity index (χ1v) is 8.18. The Morgan fingerprint density at radius 1 is 1.35 bits per heavy atom. The molecule has 2 aromatic rings. The van der Waals surface area contributed by atoms with Gasteiger partial charge in [-0.25, -0.2) is 0 Å². The highest BCUT2D eigenvalue weighted by Gasteiger charge is 2.17. The number of anilines is 2. The SMILES string of the molecule is Cc1noc(C)c1CSCC(=O)Nc1cc2c(cc1N)OCO2. The van der Waals surface area contributed by atoms with E-state index in [9.17, 15) is 4.79 Å². The number of hydrogen-bond acceptors (Lipinski definition) is 7. The van der Waals surface area contributed by atoms with Crippen molar-refractivity contribution in [2.75, 3.05) is 23.6 Å². The third-order valence-electron chi connectivity index (χ3n) is 3.48. The van der Waals surface area contributed by atoms with E-state index in [1.54, 1.807) is 12.1 Å². The first-order chi connectivity index (χ1) is 11.0. The molecule has 1 aliphatic rings. The summed E-state index contributed by atoms with van der Waals surface area (Å²) in [6.07, 6.45) is 0. The number of nitrogen functional groups attached to an aromatic ring is 1. The van der Waals surface area contributed by atoms with Gasteiger partial charge in [-0.3, -0.25) is 4.79 Å². The molecule has 0 unspecified atom stereocenters. The molecule has 122 valence electrons. The van der Waals surface area contributed by atoms with E-state index >= 15 is 0 Å². The van der Waals surface area contributed by atoms with Crippen LogP contribution in [0.3, 0.4) is 0 Å². The van der Waals surface area contributed by atoms with Crippen LogP contribution in [0.1, 0.15) is 17.0 Å². The number of nitrogens with one attached hydrogen (secondary N) is 1. The lowest BCUT2D eigenvalue weighted by atomic mass is 10.2. The Bertz CT molecular complexity index is 725. The molecule has 1 amide bonds. The van der Waals surface area contributed by atoms with Gasteiger partial charge in [0.1, 0.15) is 5.76 Å². The minimum atomic E-state index is -0.132. The average Bonchev–Trinajstić information content (AvgIpc) is 3.08. The zero-order valence-electron chi connectivity index (χ0n) is 12.8. The number of carbonyl (C=O) groups excluding carboxylic acids is 1. The van der Waals surface area contributed by atoms with E-state index in [1.807, 2.05) is 13.8 Å². The van der Waals surface area contributed by atoms with Gasteiger partial charge in [0.2, 0.25) is 12.7 Å². The summed E-state index contributed by atoms with van der Waals surface area (Å²) in [5.41, 5.74) is 8.77. The summed E-state index contributed by atoms with van der Waals surface area (Å²) in [6, 6.07) is 3.32. The van der Waals surface area contributed by atoms with Crippen molar-refractivity contribution < 1.29 is 18.8 Å². The quantitative estimate of drug-likeness (QED) is 0.810. The van der Waals surface area contributed by atoms with E-state index in [2.05, 4.69) is 10.5 Å². The van der Waals surface area contributed by atoms with Crippen molar-refractivity contribution in [3.8, 4) is 11.5 Å². The Morgan fingerprint density at radius 3 is 2.78 bits per heavy atom. The van der Waals surface area contributed by atoms with Gasteiger partial charge in [-0.1, -0.05) is 5.16 Å². The van der Waals surface area contributed by atoms with Crippen molar-refractivity contribution in [3.05, 3.63) is 29.2 Å². The van der Waals surface area contributed by atoms with E-state index in [0.29, 0.717) is 34.4 Å². The van der Waals surface area contributed by atoms with Crippen LogP contribution in [0.4, 0.5) is 11.4 Å². The molecule has 0 bridgehead atoms. The second kappa shape index (κ2) is 6.41.